The fraction of sp³-hybridized carbons (Fsp3) is 0.682. The quantitative estimate of drug-likeness (QED) is 0.0163. The molecule has 0 aromatic rings. The number of allylic oxidation sites excluding steroid dienone is 12. The van der Waals surface area contributed by atoms with E-state index in [0.717, 1.165) is 70.6 Å². The Balaban J connectivity index is 2.55. The van der Waals surface area contributed by atoms with E-state index in [1.54, 1.807) is 0 Å². The van der Waals surface area contributed by atoms with Crippen molar-refractivity contribution >= 4 is 19.8 Å². The lowest BCUT2D eigenvalue weighted by Gasteiger charge is -2.41. The number of aliphatic hydroxyl groups is 5. The number of carbonyl (C=O) groups is 2. The van der Waals surface area contributed by atoms with Crippen LogP contribution < -0.4 is 0 Å². The van der Waals surface area contributed by atoms with Crippen molar-refractivity contribution in [1.29, 1.82) is 0 Å². The van der Waals surface area contributed by atoms with Crippen molar-refractivity contribution in [2.75, 3.05) is 13.2 Å². The number of unbranched alkanes of at least 4 members (excludes halogenated alkanes) is 9. The van der Waals surface area contributed by atoms with Gasteiger partial charge in [-0.2, -0.15) is 0 Å². The highest BCUT2D eigenvalue weighted by molar-refractivity contribution is 7.47. The van der Waals surface area contributed by atoms with Crippen LogP contribution in [0.1, 0.15) is 136 Å². The van der Waals surface area contributed by atoms with Gasteiger partial charge in [0.2, 0.25) is 0 Å². The molecule has 1 fully saturated rings. The monoisotopic (exact) mass is 840 g/mol. The first kappa shape index (κ1) is 53.3. The second-order valence-electron chi connectivity index (χ2n) is 14.5. The minimum atomic E-state index is -5.13. The fourth-order valence-corrected chi connectivity index (χ4v) is 6.82. The van der Waals surface area contributed by atoms with Crippen LogP contribution in [0.4, 0.5) is 0 Å². The van der Waals surface area contributed by atoms with Gasteiger partial charge in [-0.25, -0.2) is 4.57 Å². The molecule has 0 aromatic carbocycles. The first-order valence-corrected chi connectivity index (χ1v) is 22.7. The molecule has 332 valence electrons. The van der Waals surface area contributed by atoms with E-state index in [0.29, 0.717) is 19.3 Å². The third kappa shape index (κ3) is 26.4. The van der Waals surface area contributed by atoms with Gasteiger partial charge in [0.15, 0.2) is 6.10 Å². The fourth-order valence-electron chi connectivity index (χ4n) is 5.84. The molecule has 0 radical (unpaired) electrons. The van der Waals surface area contributed by atoms with Gasteiger partial charge in [-0.15, -0.1) is 0 Å². The normalized spacial score (nSPS) is 23.2. The molecule has 0 amide bonds. The molecule has 0 aliphatic heterocycles. The molecule has 0 aromatic heterocycles. The molecule has 6 unspecified atom stereocenters. The summed E-state index contributed by atoms with van der Waals surface area (Å²) in [6.07, 6.45) is 28.3. The summed E-state index contributed by atoms with van der Waals surface area (Å²) in [5.41, 5.74) is 0. The molecule has 8 atom stereocenters. The highest BCUT2D eigenvalue weighted by atomic mass is 31.2. The maximum Gasteiger partial charge on any atom is 0.472 e. The van der Waals surface area contributed by atoms with Crippen LogP contribution in [0.3, 0.4) is 0 Å². The second kappa shape index (κ2) is 34.0. The molecular weight excluding hydrogens is 767 g/mol. The topological polar surface area (TPSA) is 210 Å². The van der Waals surface area contributed by atoms with Crippen molar-refractivity contribution in [3.63, 3.8) is 0 Å². The number of phosphoric acid groups is 1. The first-order valence-electron chi connectivity index (χ1n) is 21.2. The predicted octanol–water partition coefficient (Wildman–Crippen LogP) is 7.55. The number of hydrogen-bond donors (Lipinski definition) is 6. The molecule has 1 rings (SSSR count). The maximum atomic E-state index is 12.8. The minimum Gasteiger partial charge on any atom is -0.462 e. The summed E-state index contributed by atoms with van der Waals surface area (Å²) in [5.74, 6) is -1.19. The molecule has 0 bridgehead atoms. The number of ether oxygens (including phenoxy) is 2. The smallest absolute Gasteiger partial charge is 0.462 e. The number of hydrogen-bond acceptors (Lipinski definition) is 12. The molecule has 6 N–H and O–H groups in total. The van der Waals surface area contributed by atoms with E-state index in [-0.39, 0.29) is 12.8 Å². The lowest BCUT2D eigenvalue weighted by atomic mass is 9.85. The summed E-state index contributed by atoms with van der Waals surface area (Å²) in [6, 6.07) is 0. The number of carbonyl (C=O) groups excluding carboxylic acids is 2. The highest BCUT2D eigenvalue weighted by Crippen LogP contribution is 2.47. The molecule has 1 aliphatic rings. The molecule has 1 saturated carbocycles. The van der Waals surface area contributed by atoms with E-state index < -0.39 is 75.7 Å². The van der Waals surface area contributed by atoms with Crippen LogP contribution in [0.2, 0.25) is 0 Å². The van der Waals surface area contributed by atoms with Gasteiger partial charge in [-0.1, -0.05) is 119 Å². The van der Waals surface area contributed by atoms with Crippen molar-refractivity contribution in [3.8, 4) is 0 Å². The highest BCUT2D eigenvalue weighted by Gasteiger charge is 2.51. The Kier molecular flexibility index (Phi) is 31.3. The van der Waals surface area contributed by atoms with Crippen molar-refractivity contribution < 1.29 is 63.1 Å². The van der Waals surface area contributed by atoms with Gasteiger partial charge in [-0.3, -0.25) is 18.6 Å². The molecule has 1 aliphatic carbocycles. The van der Waals surface area contributed by atoms with Crippen LogP contribution in [0.25, 0.3) is 0 Å². The van der Waals surface area contributed by atoms with E-state index in [1.807, 2.05) is 12.2 Å². The first-order chi connectivity index (χ1) is 27.9. The van der Waals surface area contributed by atoms with Crippen LogP contribution in [-0.2, 0) is 32.7 Å². The lowest BCUT2D eigenvalue weighted by Crippen LogP contribution is -2.64. The van der Waals surface area contributed by atoms with E-state index in [4.69, 9.17) is 18.5 Å². The average molecular weight is 841 g/mol. The summed E-state index contributed by atoms with van der Waals surface area (Å²) < 4.78 is 33.3. The van der Waals surface area contributed by atoms with E-state index in [9.17, 15) is 44.6 Å². The Morgan fingerprint density at radius 1 is 0.552 bits per heavy atom. The number of phosphoric ester groups is 1. The van der Waals surface area contributed by atoms with Crippen molar-refractivity contribution in [2.45, 2.75) is 179 Å². The Morgan fingerprint density at radius 3 is 1.57 bits per heavy atom. The molecule has 0 heterocycles. The number of esters is 2. The van der Waals surface area contributed by atoms with Gasteiger partial charge >= 0.3 is 19.8 Å². The van der Waals surface area contributed by atoms with Crippen LogP contribution in [0.15, 0.2) is 72.9 Å². The zero-order valence-corrected chi connectivity index (χ0v) is 35.7. The van der Waals surface area contributed by atoms with Crippen LogP contribution >= 0.6 is 7.82 Å². The van der Waals surface area contributed by atoms with E-state index in [2.05, 4.69) is 74.6 Å². The second-order valence-corrected chi connectivity index (χ2v) is 15.9. The van der Waals surface area contributed by atoms with Crippen molar-refractivity contribution in [3.05, 3.63) is 72.9 Å². The van der Waals surface area contributed by atoms with Crippen LogP contribution in [0, 0.1) is 0 Å². The van der Waals surface area contributed by atoms with E-state index in [1.165, 1.54) is 19.3 Å². The number of aliphatic hydroxyl groups excluding tert-OH is 5. The summed E-state index contributed by atoms with van der Waals surface area (Å²) in [4.78, 5) is 35.5. The summed E-state index contributed by atoms with van der Waals surface area (Å²) in [5, 5.41) is 50.0. The van der Waals surface area contributed by atoms with Crippen molar-refractivity contribution in [1.82, 2.24) is 0 Å². The van der Waals surface area contributed by atoms with Crippen molar-refractivity contribution in [2.24, 2.45) is 0 Å². The minimum absolute atomic E-state index is 0.0703. The zero-order chi connectivity index (χ0) is 42.9. The average Bonchev–Trinajstić information content (AvgIpc) is 3.20. The Hall–Kier alpha value is -2.71. The summed E-state index contributed by atoms with van der Waals surface area (Å²) in [6.45, 7) is 3.07. The number of rotatable bonds is 33. The van der Waals surface area contributed by atoms with Gasteiger partial charge in [0, 0.05) is 12.8 Å². The molecule has 0 spiro atoms. The summed E-state index contributed by atoms with van der Waals surface area (Å²) in [7, 11) is -5.13. The predicted molar refractivity (Wildman–Crippen MR) is 225 cm³/mol. The van der Waals surface area contributed by atoms with Gasteiger partial charge in [-0.05, 0) is 77.0 Å². The molecule has 14 heteroatoms. The summed E-state index contributed by atoms with van der Waals surface area (Å²) >= 11 is 0. The Bertz CT molecular complexity index is 1290. The zero-order valence-electron chi connectivity index (χ0n) is 34.8. The largest absolute Gasteiger partial charge is 0.472 e. The third-order valence-corrected chi connectivity index (χ3v) is 10.3. The van der Waals surface area contributed by atoms with Gasteiger partial charge in [0.25, 0.3) is 0 Å². The maximum absolute atomic E-state index is 12.8. The lowest BCUT2D eigenvalue weighted by molar-refractivity contribution is -0.220. The molecule has 58 heavy (non-hydrogen) atoms. The third-order valence-electron chi connectivity index (χ3n) is 9.28. The SMILES string of the molecule is CC/C=C\C/C=C\C/C=C\C/C=C\C/C=C\CCCC(=O)OC[C@H](COP(=O)(O)OC1C(O)C(O)C(O)[C@@H](O)C1O)OC(=O)CCCCCCC/C=C\CCCCC. The van der Waals surface area contributed by atoms with Crippen LogP contribution in [-0.4, -0.2) is 98.3 Å². The van der Waals surface area contributed by atoms with Gasteiger partial charge in [0.05, 0.1) is 6.61 Å². The Morgan fingerprint density at radius 2 is 1.00 bits per heavy atom. The molecule has 0 saturated heterocycles. The Labute approximate surface area is 346 Å². The molecular formula is C44H73O13P. The standard InChI is InChI=1S/C44H73O13P/c1-3-5-7-9-11-13-15-17-18-19-20-21-23-24-26-28-30-32-37(45)54-34-36(56-38(46)33-31-29-27-25-22-16-14-12-10-8-6-4-2)35-55-58(52,53)57-44-42(50)40(48)39(47)41(49)43(44)51/h5,7,11-14,17-18,20-21,24,26,36,39-44,47-51H,3-4,6,8-10,15-16,19,22-23,25,27-35H2,1-2H3,(H,52,53)/b7-5-,13-11-,14-12-,18-17-,21-20-,26-24-/t36-,39?,40-,41?,42?,43?,44?/m1/s1. The van der Waals surface area contributed by atoms with E-state index >= 15 is 0 Å². The molecule has 13 nitrogen and oxygen atoms in total. The van der Waals surface area contributed by atoms with Gasteiger partial charge < -0.3 is 39.9 Å². The van der Waals surface area contributed by atoms with Crippen LogP contribution in [0.5, 0.6) is 0 Å². The van der Waals surface area contributed by atoms with Gasteiger partial charge in [0.1, 0.15) is 43.2 Å².